The van der Waals surface area contributed by atoms with Gasteiger partial charge in [0.25, 0.3) is 0 Å². The summed E-state index contributed by atoms with van der Waals surface area (Å²) in [5.41, 5.74) is 2.93. The number of rotatable bonds is 6. The van der Waals surface area contributed by atoms with Crippen molar-refractivity contribution in [3.05, 3.63) is 70.8 Å². The molecule has 1 nitrogen and oxygen atoms in total. The van der Waals surface area contributed by atoms with Crippen molar-refractivity contribution in [2.24, 2.45) is 0 Å². The maximum atomic E-state index is 13.7. The molecule has 3 heteroatoms. The van der Waals surface area contributed by atoms with Gasteiger partial charge in [-0.15, -0.1) is 0 Å². The van der Waals surface area contributed by atoms with Crippen molar-refractivity contribution in [1.29, 1.82) is 0 Å². The van der Waals surface area contributed by atoms with Crippen molar-refractivity contribution in [2.45, 2.75) is 32.2 Å². The van der Waals surface area contributed by atoms with Crippen LogP contribution in [-0.4, -0.2) is 13.1 Å². The summed E-state index contributed by atoms with van der Waals surface area (Å²) in [6.45, 7) is 2.06. The van der Waals surface area contributed by atoms with Crippen LogP contribution < -0.4 is 5.32 Å². The Morgan fingerprint density at radius 3 is 2.43 bits per heavy atom. The molecule has 0 aliphatic rings. The Kier molecular flexibility index (Phi) is 5.45. The van der Waals surface area contributed by atoms with Gasteiger partial charge in [-0.1, -0.05) is 29.8 Å². The average molecular weight is 289 g/mol. The molecular weight excluding hydrogens is 268 g/mol. The molecule has 0 aliphatic heterocycles. The Hall–Kier alpha value is -1.74. The van der Waals surface area contributed by atoms with E-state index in [9.17, 15) is 8.78 Å². The second-order valence-electron chi connectivity index (χ2n) is 5.45. The van der Waals surface area contributed by atoms with Crippen LogP contribution in [0.3, 0.4) is 0 Å². The van der Waals surface area contributed by atoms with Crippen molar-refractivity contribution >= 4 is 0 Å². The standard InChI is InChI=1S/C18H21F2N/c1-13-3-5-14(6-4-13)7-9-17(21-2)12-15-11-16(19)8-10-18(15)20/h3-6,8,10-11,17,21H,7,9,12H2,1-2H3. The largest absolute Gasteiger partial charge is 0.317 e. The summed E-state index contributed by atoms with van der Waals surface area (Å²) < 4.78 is 26.9. The fraction of sp³-hybridized carbons (Fsp3) is 0.333. The second-order valence-corrected chi connectivity index (χ2v) is 5.45. The van der Waals surface area contributed by atoms with E-state index in [4.69, 9.17) is 0 Å². The van der Waals surface area contributed by atoms with Crippen molar-refractivity contribution in [2.75, 3.05) is 7.05 Å². The van der Waals surface area contributed by atoms with Crippen LogP contribution in [0, 0.1) is 18.6 Å². The number of nitrogens with one attached hydrogen (secondary N) is 1. The molecule has 1 atom stereocenters. The molecule has 0 saturated heterocycles. The molecule has 2 aromatic carbocycles. The monoisotopic (exact) mass is 289 g/mol. The molecule has 0 aromatic heterocycles. The Morgan fingerprint density at radius 1 is 1.05 bits per heavy atom. The summed E-state index contributed by atoms with van der Waals surface area (Å²) in [7, 11) is 1.86. The average Bonchev–Trinajstić information content (AvgIpc) is 2.48. The predicted molar refractivity (Wildman–Crippen MR) is 82.4 cm³/mol. The highest BCUT2D eigenvalue weighted by Gasteiger charge is 2.11. The summed E-state index contributed by atoms with van der Waals surface area (Å²) >= 11 is 0. The molecular formula is C18H21F2N. The van der Waals surface area contributed by atoms with Gasteiger partial charge >= 0.3 is 0 Å². The van der Waals surface area contributed by atoms with Crippen molar-refractivity contribution < 1.29 is 8.78 Å². The highest BCUT2D eigenvalue weighted by atomic mass is 19.1. The van der Waals surface area contributed by atoms with Crippen LogP contribution in [0.5, 0.6) is 0 Å². The molecule has 1 N–H and O–H groups in total. The first-order valence-electron chi connectivity index (χ1n) is 7.25. The first kappa shape index (κ1) is 15.6. The van der Waals surface area contributed by atoms with Gasteiger partial charge in [-0.05, 0) is 62.6 Å². The molecule has 21 heavy (non-hydrogen) atoms. The van der Waals surface area contributed by atoms with Crippen LogP contribution in [0.15, 0.2) is 42.5 Å². The Bertz CT molecular complexity index is 578. The number of hydrogen-bond donors (Lipinski definition) is 1. The molecule has 2 aromatic rings. The fourth-order valence-corrected chi connectivity index (χ4v) is 2.41. The quantitative estimate of drug-likeness (QED) is 0.846. The summed E-state index contributed by atoms with van der Waals surface area (Å²) in [5, 5.41) is 3.19. The number of hydrogen-bond acceptors (Lipinski definition) is 1. The number of benzene rings is 2. The molecule has 112 valence electrons. The third-order valence-electron chi connectivity index (χ3n) is 3.78. The van der Waals surface area contributed by atoms with E-state index >= 15 is 0 Å². The third-order valence-corrected chi connectivity index (χ3v) is 3.78. The molecule has 0 radical (unpaired) electrons. The molecule has 1 unspecified atom stereocenters. The van der Waals surface area contributed by atoms with Gasteiger partial charge in [0.1, 0.15) is 11.6 Å². The van der Waals surface area contributed by atoms with Crippen LogP contribution in [0.2, 0.25) is 0 Å². The number of halogens is 2. The number of aryl methyl sites for hydroxylation is 2. The predicted octanol–water partition coefficient (Wildman–Crippen LogP) is 4.04. The lowest BCUT2D eigenvalue weighted by Crippen LogP contribution is -2.28. The van der Waals surface area contributed by atoms with Gasteiger partial charge in [0.15, 0.2) is 0 Å². The van der Waals surface area contributed by atoms with E-state index in [0.717, 1.165) is 18.9 Å². The zero-order valence-corrected chi connectivity index (χ0v) is 12.5. The minimum atomic E-state index is -0.389. The van der Waals surface area contributed by atoms with Crippen LogP contribution >= 0.6 is 0 Å². The molecule has 0 fully saturated rings. The SMILES string of the molecule is CNC(CCc1ccc(C)cc1)Cc1cc(F)ccc1F. The van der Waals surface area contributed by atoms with Gasteiger partial charge < -0.3 is 5.32 Å². The second kappa shape index (κ2) is 7.32. The summed E-state index contributed by atoms with van der Waals surface area (Å²) in [5.74, 6) is -0.730. The van der Waals surface area contributed by atoms with Gasteiger partial charge in [0, 0.05) is 6.04 Å². The van der Waals surface area contributed by atoms with Crippen LogP contribution in [0.1, 0.15) is 23.1 Å². The van der Waals surface area contributed by atoms with Crippen molar-refractivity contribution in [1.82, 2.24) is 5.32 Å². The van der Waals surface area contributed by atoms with Gasteiger partial charge in [-0.25, -0.2) is 8.78 Å². The Morgan fingerprint density at radius 2 is 1.76 bits per heavy atom. The maximum absolute atomic E-state index is 13.7. The maximum Gasteiger partial charge on any atom is 0.126 e. The lowest BCUT2D eigenvalue weighted by molar-refractivity contribution is 0.500. The molecule has 0 bridgehead atoms. The fourth-order valence-electron chi connectivity index (χ4n) is 2.41. The van der Waals surface area contributed by atoms with E-state index in [2.05, 4.69) is 36.5 Å². The summed E-state index contributed by atoms with van der Waals surface area (Å²) in [4.78, 5) is 0. The minimum Gasteiger partial charge on any atom is -0.317 e. The van der Waals surface area contributed by atoms with Crippen LogP contribution in [0.25, 0.3) is 0 Å². The van der Waals surface area contributed by atoms with Gasteiger partial charge in [-0.3, -0.25) is 0 Å². The van der Waals surface area contributed by atoms with Crippen molar-refractivity contribution in [3.63, 3.8) is 0 Å². The van der Waals surface area contributed by atoms with E-state index in [1.165, 1.54) is 23.3 Å². The molecule has 0 heterocycles. The minimum absolute atomic E-state index is 0.127. The van der Waals surface area contributed by atoms with E-state index in [-0.39, 0.29) is 17.7 Å². The zero-order chi connectivity index (χ0) is 15.2. The lowest BCUT2D eigenvalue weighted by atomic mass is 9.98. The number of likely N-dealkylation sites (N-methyl/N-ethyl adjacent to an activating group) is 1. The molecule has 0 amide bonds. The van der Waals surface area contributed by atoms with E-state index in [0.29, 0.717) is 12.0 Å². The first-order chi connectivity index (χ1) is 10.1. The highest BCUT2D eigenvalue weighted by Crippen LogP contribution is 2.15. The smallest absolute Gasteiger partial charge is 0.126 e. The van der Waals surface area contributed by atoms with E-state index < -0.39 is 0 Å². The van der Waals surface area contributed by atoms with E-state index in [1.54, 1.807) is 0 Å². The molecule has 2 rings (SSSR count). The third kappa shape index (κ3) is 4.64. The molecule has 0 spiro atoms. The van der Waals surface area contributed by atoms with Crippen LogP contribution in [0.4, 0.5) is 8.78 Å². The summed E-state index contributed by atoms with van der Waals surface area (Å²) in [6.07, 6.45) is 2.30. The lowest BCUT2D eigenvalue weighted by Gasteiger charge is -2.17. The normalized spacial score (nSPS) is 12.4. The Balaban J connectivity index is 1.96. The van der Waals surface area contributed by atoms with Gasteiger partial charge in [-0.2, -0.15) is 0 Å². The molecule has 0 saturated carbocycles. The van der Waals surface area contributed by atoms with Gasteiger partial charge in [0.05, 0.1) is 0 Å². The Labute approximate surface area is 125 Å². The topological polar surface area (TPSA) is 12.0 Å². The van der Waals surface area contributed by atoms with Gasteiger partial charge in [0.2, 0.25) is 0 Å². The summed E-state index contributed by atoms with van der Waals surface area (Å²) in [6, 6.07) is 12.2. The van der Waals surface area contributed by atoms with Crippen LogP contribution in [-0.2, 0) is 12.8 Å². The van der Waals surface area contributed by atoms with Crippen molar-refractivity contribution in [3.8, 4) is 0 Å². The zero-order valence-electron chi connectivity index (χ0n) is 12.5. The first-order valence-corrected chi connectivity index (χ1v) is 7.25. The van der Waals surface area contributed by atoms with E-state index in [1.807, 2.05) is 7.05 Å². The highest BCUT2D eigenvalue weighted by molar-refractivity contribution is 5.22. The molecule has 0 aliphatic carbocycles.